The molecule has 0 amide bonds. The lowest BCUT2D eigenvalue weighted by atomic mass is 10.1. The fourth-order valence-electron chi connectivity index (χ4n) is 3.62. The van der Waals surface area contributed by atoms with Crippen LogP contribution in [-0.2, 0) is 9.47 Å². The summed E-state index contributed by atoms with van der Waals surface area (Å²) in [6.07, 6.45) is 0. The highest BCUT2D eigenvalue weighted by Crippen LogP contribution is 2.29. The molecular weight excluding hydrogens is 432 g/mol. The van der Waals surface area contributed by atoms with Crippen LogP contribution in [-0.4, -0.2) is 39.4 Å². The largest absolute Gasteiger partial charge is 0.488 e. The summed E-state index contributed by atoms with van der Waals surface area (Å²) >= 11 is 0. The van der Waals surface area contributed by atoms with E-state index in [0.29, 0.717) is 28.2 Å². The molecule has 4 aromatic rings. The molecule has 0 radical (unpaired) electrons. The van der Waals surface area contributed by atoms with Crippen LogP contribution in [0.1, 0.15) is 20.7 Å². The van der Waals surface area contributed by atoms with E-state index in [0.717, 1.165) is 21.5 Å². The Kier molecular flexibility index (Phi) is 6.78. The number of esters is 2. The Morgan fingerprint density at radius 2 is 1.00 bits per heavy atom. The monoisotopic (exact) mass is 456 g/mol. The van der Waals surface area contributed by atoms with Crippen molar-refractivity contribution in [2.24, 2.45) is 0 Å². The van der Waals surface area contributed by atoms with E-state index in [-0.39, 0.29) is 13.2 Å². The number of ether oxygens (including phenoxy) is 4. The Morgan fingerprint density at radius 3 is 1.35 bits per heavy atom. The van der Waals surface area contributed by atoms with Gasteiger partial charge in [-0.25, -0.2) is 9.59 Å². The number of fused-ring (bicyclic) bond motifs is 2. The molecule has 172 valence electrons. The van der Waals surface area contributed by atoms with Crippen LogP contribution in [0.15, 0.2) is 84.9 Å². The van der Waals surface area contributed by atoms with Gasteiger partial charge in [-0.15, -0.1) is 0 Å². The second kappa shape index (κ2) is 10.1. The summed E-state index contributed by atoms with van der Waals surface area (Å²) in [6, 6.07) is 22.4. The summed E-state index contributed by atoms with van der Waals surface area (Å²) in [4.78, 5) is 24.6. The number of carbonyl (C=O) groups excluding carboxylic acids is 2. The van der Waals surface area contributed by atoms with Gasteiger partial charge in [0.25, 0.3) is 0 Å². The van der Waals surface area contributed by atoms with Gasteiger partial charge in [-0.2, -0.15) is 0 Å². The fraction of sp³-hybridized carbons (Fsp3) is 0.143. The topological polar surface area (TPSA) is 71.1 Å². The third-order valence-electron chi connectivity index (χ3n) is 5.37. The van der Waals surface area contributed by atoms with E-state index in [9.17, 15) is 9.59 Å². The number of hydrogen-bond donors (Lipinski definition) is 0. The molecule has 0 aliphatic carbocycles. The van der Waals surface area contributed by atoms with Gasteiger partial charge >= 0.3 is 11.9 Å². The number of benzene rings is 4. The van der Waals surface area contributed by atoms with E-state index < -0.39 is 11.9 Å². The van der Waals surface area contributed by atoms with E-state index in [1.807, 2.05) is 48.5 Å². The highest BCUT2D eigenvalue weighted by atomic mass is 16.5. The van der Waals surface area contributed by atoms with Gasteiger partial charge in [0.1, 0.15) is 35.8 Å². The van der Waals surface area contributed by atoms with Crippen LogP contribution >= 0.6 is 0 Å². The van der Waals surface area contributed by atoms with Crippen LogP contribution in [0.25, 0.3) is 21.5 Å². The quantitative estimate of drug-likeness (QED) is 0.255. The summed E-state index contributed by atoms with van der Waals surface area (Å²) in [5.41, 5.74) is 1.28. The Morgan fingerprint density at radius 1 is 0.647 bits per heavy atom. The van der Waals surface area contributed by atoms with Crippen molar-refractivity contribution in [1.82, 2.24) is 0 Å². The summed E-state index contributed by atoms with van der Waals surface area (Å²) in [7, 11) is 2.66. The van der Waals surface area contributed by atoms with Crippen LogP contribution in [0.5, 0.6) is 11.5 Å². The predicted molar refractivity (Wildman–Crippen MR) is 131 cm³/mol. The van der Waals surface area contributed by atoms with Gasteiger partial charge in [-0.3, -0.25) is 0 Å². The van der Waals surface area contributed by atoms with Crippen LogP contribution in [0.4, 0.5) is 0 Å². The van der Waals surface area contributed by atoms with Crippen LogP contribution in [0.3, 0.4) is 0 Å². The first-order valence-corrected chi connectivity index (χ1v) is 10.6. The first-order chi connectivity index (χ1) is 16.5. The van der Waals surface area contributed by atoms with E-state index in [1.54, 1.807) is 24.3 Å². The van der Waals surface area contributed by atoms with E-state index in [4.69, 9.17) is 18.9 Å². The SMILES string of the molecule is C=C(COc1cc2ccccc2cc1C(=O)OC)COc1cc2ccccc2cc1C(=O)OC. The molecule has 6 heteroatoms. The molecule has 4 aromatic carbocycles. The normalized spacial score (nSPS) is 10.6. The highest BCUT2D eigenvalue weighted by molar-refractivity contribution is 5.99. The Hall–Kier alpha value is -4.32. The van der Waals surface area contributed by atoms with Crippen LogP contribution < -0.4 is 9.47 Å². The Balaban J connectivity index is 1.50. The second-order valence-corrected chi connectivity index (χ2v) is 7.70. The van der Waals surface area contributed by atoms with Gasteiger partial charge in [-0.1, -0.05) is 55.1 Å². The van der Waals surface area contributed by atoms with Crippen LogP contribution in [0, 0.1) is 0 Å². The molecule has 0 aliphatic heterocycles. The summed E-state index contributed by atoms with van der Waals surface area (Å²) < 4.78 is 21.7. The minimum Gasteiger partial charge on any atom is -0.488 e. The highest BCUT2D eigenvalue weighted by Gasteiger charge is 2.17. The van der Waals surface area contributed by atoms with Crippen molar-refractivity contribution in [2.75, 3.05) is 27.4 Å². The van der Waals surface area contributed by atoms with Crippen LogP contribution in [0.2, 0.25) is 0 Å². The Labute approximate surface area is 197 Å². The number of rotatable bonds is 8. The summed E-state index contributed by atoms with van der Waals surface area (Å²) in [6.45, 7) is 4.25. The number of carbonyl (C=O) groups is 2. The smallest absolute Gasteiger partial charge is 0.341 e. The molecule has 0 aromatic heterocycles. The van der Waals surface area contributed by atoms with E-state index in [1.165, 1.54) is 14.2 Å². The maximum atomic E-state index is 12.3. The molecule has 0 spiro atoms. The van der Waals surface area contributed by atoms with Crippen molar-refractivity contribution in [1.29, 1.82) is 0 Å². The van der Waals surface area contributed by atoms with Gasteiger partial charge in [0, 0.05) is 0 Å². The maximum Gasteiger partial charge on any atom is 0.341 e. The van der Waals surface area contributed by atoms with Crippen molar-refractivity contribution < 1.29 is 28.5 Å². The lowest BCUT2D eigenvalue weighted by Crippen LogP contribution is -2.13. The third kappa shape index (κ3) is 4.86. The molecule has 0 bridgehead atoms. The minimum atomic E-state index is -0.485. The predicted octanol–water partition coefficient (Wildman–Crippen LogP) is 5.58. The van der Waals surface area contributed by atoms with Crippen molar-refractivity contribution in [3.05, 3.63) is 96.1 Å². The van der Waals surface area contributed by atoms with Gasteiger partial charge < -0.3 is 18.9 Å². The maximum absolute atomic E-state index is 12.3. The molecule has 0 saturated heterocycles. The second-order valence-electron chi connectivity index (χ2n) is 7.70. The average Bonchev–Trinajstić information content (AvgIpc) is 2.88. The molecule has 0 N–H and O–H groups in total. The van der Waals surface area contributed by atoms with Crippen molar-refractivity contribution in [3.8, 4) is 11.5 Å². The van der Waals surface area contributed by atoms with Gasteiger partial charge in [0.05, 0.1) is 14.2 Å². The first-order valence-electron chi connectivity index (χ1n) is 10.6. The van der Waals surface area contributed by atoms with E-state index >= 15 is 0 Å². The zero-order valence-electron chi connectivity index (χ0n) is 19.0. The van der Waals surface area contributed by atoms with Crippen molar-refractivity contribution in [3.63, 3.8) is 0 Å². The Bertz CT molecular complexity index is 1280. The molecule has 0 unspecified atom stereocenters. The molecule has 34 heavy (non-hydrogen) atoms. The van der Waals surface area contributed by atoms with Gasteiger partial charge in [0.15, 0.2) is 0 Å². The van der Waals surface area contributed by atoms with Gasteiger partial charge in [0.2, 0.25) is 0 Å². The van der Waals surface area contributed by atoms with E-state index in [2.05, 4.69) is 6.58 Å². The molecule has 0 atom stereocenters. The average molecular weight is 456 g/mol. The molecule has 0 heterocycles. The number of hydrogen-bond acceptors (Lipinski definition) is 6. The van der Waals surface area contributed by atoms with Crippen molar-refractivity contribution in [2.45, 2.75) is 0 Å². The third-order valence-corrected chi connectivity index (χ3v) is 5.37. The standard InChI is InChI=1S/C28H24O6/c1-18(16-33-25-14-21-10-6-4-8-19(21)12-23(25)27(29)31-2)17-34-26-15-22-11-7-5-9-20(22)13-24(26)28(30)32-3/h4-15H,1,16-17H2,2-3H3. The molecule has 0 fully saturated rings. The zero-order valence-corrected chi connectivity index (χ0v) is 19.0. The lowest BCUT2D eigenvalue weighted by molar-refractivity contribution is 0.0588. The molecular formula is C28H24O6. The summed E-state index contributed by atoms with van der Waals surface area (Å²) in [5, 5.41) is 3.69. The molecule has 4 rings (SSSR count). The summed E-state index contributed by atoms with van der Waals surface area (Å²) in [5.74, 6) is -0.177. The fourth-order valence-corrected chi connectivity index (χ4v) is 3.62. The lowest BCUT2D eigenvalue weighted by Gasteiger charge is -2.15. The first kappa shape index (κ1) is 22.9. The number of methoxy groups -OCH3 is 2. The minimum absolute atomic E-state index is 0.115. The molecule has 6 nitrogen and oxygen atoms in total. The zero-order chi connectivity index (χ0) is 24.1. The van der Waals surface area contributed by atoms with Gasteiger partial charge in [-0.05, 0) is 51.4 Å². The molecule has 0 saturated carbocycles. The molecule has 0 aliphatic rings. The van der Waals surface area contributed by atoms with Crippen molar-refractivity contribution >= 4 is 33.5 Å².